The van der Waals surface area contributed by atoms with Gasteiger partial charge >= 0.3 is 5.97 Å². The molecule has 0 aromatic heterocycles. The fraction of sp³-hybridized carbons (Fsp3) is 0.875. The van der Waals surface area contributed by atoms with E-state index in [4.69, 9.17) is 0 Å². The van der Waals surface area contributed by atoms with Crippen molar-refractivity contribution in [3.63, 3.8) is 0 Å². The molecule has 1 fully saturated rings. The van der Waals surface area contributed by atoms with E-state index in [1.807, 2.05) is 0 Å². The van der Waals surface area contributed by atoms with Crippen LogP contribution in [0.25, 0.3) is 0 Å². The number of β-amino-alcohol motifs (C(OH)–C–C–N with tert-alkyl or cyclic N) is 1. The minimum absolute atomic E-state index is 0.0842. The molecule has 1 N–H and O–H groups in total. The fourth-order valence-corrected chi connectivity index (χ4v) is 2.66. The summed E-state index contributed by atoms with van der Waals surface area (Å²) in [6, 6.07) is 0. The molecule has 1 heterocycles. The first kappa shape index (κ1) is 12.4. The van der Waals surface area contributed by atoms with Crippen molar-refractivity contribution in [3.8, 4) is 0 Å². The molecule has 0 aliphatic carbocycles. The molecule has 1 rings (SSSR count). The number of hydrogen-bond acceptors (Lipinski definition) is 6. The van der Waals surface area contributed by atoms with Crippen LogP contribution < -0.4 is 0 Å². The molecule has 1 unspecified atom stereocenters. The van der Waals surface area contributed by atoms with Crippen LogP contribution in [-0.2, 0) is 19.4 Å². The van der Waals surface area contributed by atoms with Crippen LogP contribution in [0.2, 0.25) is 0 Å². The number of rotatable bonds is 3. The van der Waals surface area contributed by atoms with Crippen molar-refractivity contribution in [1.82, 2.24) is 4.90 Å². The Kier molecular flexibility index (Phi) is 4.06. The molecule has 0 aromatic carbocycles. The van der Waals surface area contributed by atoms with Gasteiger partial charge in [-0.1, -0.05) is 0 Å². The number of carbonyl (C=O) groups excluding carboxylic acids is 1. The number of ether oxygens (including phenoxy) is 1. The van der Waals surface area contributed by atoms with Gasteiger partial charge in [-0.2, -0.15) is 0 Å². The van der Waals surface area contributed by atoms with E-state index in [1.54, 1.807) is 4.90 Å². The van der Waals surface area contributed by atoms with Gasteiger partial charge in [0, 0.05) is 19.6 Å². The number of carbonyl (C=O) groups is 1. The summed E-state index contributed by atoms with van der Waals surface area (Å²) < 4.78 is 26.5. The monoisotopic (exact) mass is 237 g/mol. The largest absolute Gasteiger partial charge is 0.467 e. The van der Waals surface area contributed by atoms with E-state index in [2.05, 4.69) is 4.74 Å². The van der Waals surface area contributed by atoms with Gasteiger partial charge in [0.1, 0.15) is 0 Å². The average Bonchev–Trinajstić information content (AvgIpc) is 2.20. The Morgan fingerprint density at radius 1 is 1.47 bits per heavy atom. The lowest BCUT2D eigenvalue weighted by atomic mass is 10.3. The van der Waals surface area contributed by atoms with Gasteiger partial charge in [0.25, 0.3) is 0 Å². The predicted molar refractivity (Wildman–Crippen MR) is 53.1 cm³/mol. The van der Waals surface area contributed by atoms with Crippen molar-refractivity contribution in [2.45, 2.75) is 6.10 Å². The topological polar surface area (TPSA) is 83.9 Å². The van der Waals surface area contributed by atoms with E-state index in [1.165, 1.54) is 7.11 Å². The van der Waals surface area contributed by atoms with Crippen molar-refractivity contribution in [2.24, 2.45) is 0 Å². The van der Waals surface area contributed by atoms with Crippen molar-refractivity contribution < 1.29 is 23.1 Å². The van der Waals surface area contributed by atoms with Gasteiger partial charge in [0.2, 0.25) is 0 Å². The standard InChI is InChI=1S/C8H15NO5S/c1-14-8(11)7(10)6-9-2-4-15(12,13)5-3-9/h7,10H,2-6H2,1H3. The minimum Gasteiger partial charge on any atom is -0.467 e. The molecule has 0 bridgehead atoms. The summed E-state index contributed by atoms with van der Waals surface area (Å²) in [5.74, 6) is -0.523. The molecule has 0 radical (unpaired) electrons. The second kappa shape index (κ2) is 4.91. The summed E-state index contributed by atoms with van der Waals surface area (Å²) in [4.78, 5) is 12.6. The Bertz CT molecular complexity index is 312. The summed E-state index contributed by atoms with van der Waals surface area (Å²) in [6.45, 7) is 0.842. The molecule has 7 heteroatoms. The van der Waals surface area contributed by atoms with Gasteiger partial charge in [-0.25, -0.2) is 13.2 Å². The summed E-state index contributed by atoms with van der Waals surface area (Å²) in [5.41, 5.74) is 0. The molecule has 88 valence electrons. The minimum atomic E-state index is -2.92. The highest BCUT2D eigenvalue weighted by atomic mass is 32.2. The predicted octanol–water partition coefficient (Wildman–Crippen LogP) is -1.75. The number of methoxy groups -OCH3 is 1. The number of esters is 1. The maximum atomic E-state index is 11.1. The van der Waals surface area contributed by atoms with E-state index < -0.39 is 21.9 Å². The molecule has 0 saturated carbocycles. The molecule has 1 atom stereocenters. The lowest BCUT2D eigenvalue weighted by Crippen LogP contribution is -2.45. The number of nitrogens with zero attached hydrogens (tertiary/aromatic N) is 1. The molecular formula is C8H15NO5S. The summed E-state index contributed by atoms with van der Waals surface area (Å²) in [5, 5.41) is 9.33. The highest BCUT2D eigenvalue weighted by Crippen LogP contribution is 2.04. The van der Waals surface area contributed by atoms with Gasteiger partial charge in [-0.15, -0.1) is 0 Å². The van der Waals surface area contributed by atoms with E-state index in [0.717, 1.165) is 0 Å². The zero-order valence-corrected chi connectivity index (χ0v) is 9.37. The number of sulfone groups is 1. The van der Waals surface area contributed by atoms with Gasteiger partial charge in [-0.3, -0.25) is 4.90 Å². The first-order chi connectivity index (χ1) is 6.94. The van der Waals surface area contributed by atoms with Crippen LogP contribution in [0.4, 0.5) is 0 Å². The smallest absolute Gasteiger partial charge is 0.336 e. The third-order valence-electron chi connectivity index (χ3n) is 2.34. The van der Waals surface area contributed by atoms with Crippen molar-refractivity contribution in [3.05, 3.63) is 0 Å². The van der Waals surface area contributed by atoms with E-state index in [-0.39, 0.29) is 18.1 Å². The van der Waals surface area contributed by atoms with Crippen LogP contribution in [0.5, 0.6) is 0 Å². The molecule has 0 amide bonds. The third-order valence-corrected chi connectivity index (χ3v) is 3.95. The van der Waals surface area contributed by atoms with Crippen LogP contribution in [0.1, 0.15) is 0 Å². The number of aliphatic hydroxyl groups is 1. The molecule has 15 heavy (non-hydrogen) atoms. The van der Waals surface area contributed by atoms with Gasteiger partial charge in [0.05, 0.1) is 18.6 Å². The highest BCUT2D eigenvalue weighted by molar-refractivity contribution is 7.91. The van der Waals surface area contributed by atoms with Crippen molar-refractivity contribution >= 4 is 15.8 Å². The maximum absolute atomic E-state index is 11.1. The summed E-state index contributed by atoms with van der Waals surface area (Å²) >= 11 is 0. The number of hydrogen-bond donors (Lipinski definition) is 1. The van der Waals surface area contributed by atoms with Crippen LogP contribution in [0.15, 0.2) is 0 Å². The van der Waals surface area contributed by atoms with E-state index >= 15 is 0 Å². The second-order valence-corrected chi connectivity index (χ2v) is 5.80. The van der Waals surface area contributed by atoms with Gasteiger partial charge in [0.15, 0.2) is 15.9 Å². The molecule has 1 aliphatic heterocycles. The Morgan fingerprint density at radius 3 is 2.47 bits per heavy atom. The van der Waals surface area contributed by atoms with Crippen molar-refractivity contribution in [1.29, 1.82) is 0 Å². The summed E-state index contributed by atoms with van der Waals surface area (Å²) in [6.07, 6.45) is -1.20. The Morgan fingerprint density at radius 2 is 2.00 bits per heavy atom. The third kappa shape index (κ3) is 3.77. The van der Waals surface area contributed by atoms with Crippen molar-refractivity contribution in [2.75, 3.05) is 38.2 Å². The normalized spacial score (nSPS) is 23.3. The highest BCUT2D eigenvalue weighted by Gasteiger charge is 2.25. The van der Waals surface area contributed by atoms with E-state index in [0.29, 0.717) is 13.1 Å². The Hall–Kier alpha value is -0.660. The first-order valence-corrected chi connectivity index (χ1v) is 6.45. The molecular weight excluding hydrogens is 222 g/mol. The number of aliphatic hydroxyl groups excluding tert-OH is 1. The zero-order chi connectivity index (χ0) is 11.5. The quantitative estimate of drug-likeness (QED) is 0.586. The van der Waals surface area contributed by atoms with Crippen LogP contribution in [-0.4, -0.2) is 68.7 Å². The second-order valence-electron chi connectivity index (χ2n) is 3.49. The molecule has 0 spiro atoms. The molecule has 6 nitrogen and oxygen atoms in total. The van der Waals surface area contributed by atoms with E-state index in [9.17, 15) is 18.3 Å². The molecule has 0 aromatic rings. The molecule has 1 aliphatic rings. The van der Waals surface area contributed by atoms with Crippen LogP contribution in [0, 0.1) is 0 Å². The SMILES string of the molecule is COC(=O)C(O)CN1CCS(=O)(=O)CC1. The van der Waals surface area contributed by atoms with Crippen LogP contribution in [0.3, 0.4) is 0 Å². The fourth-order valence-electron chi connectivity index (χ4n) is 1.39. The molecule has 1 saturated heterocycles. The van der Waals surface area contributed by atoms with Crippen LogP contribution >= 0.6 is 0 Å². The Labute approximate surface area is 88.7 Å². The van der Waals surface area contributed by atoms with Gasteiger partial charge in [-0.05, 0) is 0 Å². The lowest BCUT2D eigenvalue weighted by molar-refractivity contribution is -0.151. The van der Waals surface area contributed by atoms with Gasteiger partial charge < -0.3 is 9.84 Å². The summed E-state index contributed by atoms with van der Waals surface area (Å²) in [7, 11) is -1.72. The lowest BCUT2D eigenvalue weighted by Gasteiger charge is -2.27. The maximum Gasteiger partial charge on any atom is 0.336 e. The Balaban J connectivity index is 2.39. The zero-order valence-electron chi connectivity index (χ0n) is 8.55. The first-order valence-electron chi connectivity index (χ1n) is 4.63. The average molecular weight is 237 g/mol.